The van der Waals surface area contributed by atoms with Crippen molar-refractivity contribution in [1.82, 2.24) is 20.2 Å². The molecule has 3 heterocycles. The second-order valence-corrected chi connectivity index (χ2v) is 6.05. The van der Waals surface area contributed by atoms with Gasteiger partial charge in [0, 0.05) is 37.9 Å². The third-order valence-corrected chi connectivity index (χ3v) is 4.50. The van der Waals surface area contributed by atoms with Crippen molar-refractivity contribution in [2.75, 3.05) is 41.7 Å². The molecular weight excluding hydrogens is 331 g/mol. The minimum atomic E-state index is -4.45. The fourth-order valence-electron chi connectivity index (χ4n) is 2.33. The highest BCUT2D eigenvalue weighted by Gasteiger charge is 2.36. The van der Waals surface area contributed by atoms with Crippen molar-refractivity contribution in [3.63, 3.8) is 0 Å². The summed E-state index contributed by atoms with van der Waals surface area (Å²) in [5.41, 5.74) is 6.52. The minimum absolute atomic E-state index is 0.201. The molecule has 0 unspecified atom stereocenters. The Hall–Kier alpha value is -2.17. The predicted octanol–water partition coefficient (Wildman–Crippen LogP) is 1.56. The highest BCUT2D eigenvalue weighted by Crippen LogP contribution is 2.34. The van der Waals surface area contributed by atoms with E-state index in [1.165, 1.54) is 0 Å². The van der Waals surface area contributed by atoms with Crippen LogP contribution in [0.15, 0.2) is 6.20 Å². The van der Waals surface area contributed by atoms with E-state index in [4.69, 9.17) is 5.73 Å². The summed E-state index contributed by atoms with van der Waals surface area (Å²) in [6.07, 6.45) is -2.79. The number of anilines is 3. The van der Waals surface area contributed by atoms with Gasteiger partial charge in [-0.05, 0) is 6.92 Å². The first-order valence-electron chi connectivity index (χ1n) is 6.84. The van der Waals surface area contributed by atoms with Gasteiger partial charge in [-0.3, -0.25) is 0 Å². The van der Waals surface area contributed by atoms with Crippen molar-refractivity contribution >= 4 is 28.2 Å². The first-order valence-corrected chi connectivity index (χ1v) is 7.66. The minimum Gasteiger partial charge on any atom is -0.368 e. The zero-order valence-electron chi connectivity index (χ0n) is 12.2. The Morgan fingerprint density at radius 3 is 2.39 bits per heavy atom. The van der Waals surface area contributed by atoms with Crippen LogP contribution in [0.5, 0.6) is 0 Å². The molecule has 2 N–H and O–H groups in total. The zero-order valence-corrected chi connectivity index (χ0v) is 13.0. The van der Waals surface area contributed by atoms with E-state index in [2.05, 4.69) is 20.2 Å². The van der Waals surface area contributed by atoms with Gasteiger partial charge in [-0.2, -0.15) is 18.2 Å². The number of aromatic nitrogens is 4. The number of nitrogens with two attached hydrogens (primary N) is 1. The maximum absolute atomic E-state index is 12.6. The summed E-state index contributed by atoms with van der Waals surface area (Å²) in [6, 6.07) is 0. The molecule has 0 bridgehead atoms. The second kappa shape index (κ2) is 5.80. The SMILES string of the molecule is Cc1cnc(N)nc1N1CCN(c2nnc(C(F)(F)F)s2)CC1. The molecule has 124 valence electrons. The maximum Gasteiger partial charge on any atom is 0.445 e. The van der Waals surface area contributed by atoms with Gasteiger partial charge in [0.1, 0.15) is 5.82 Å². The molecule has 23 heavy (non-hydrogen) atoms. The fourth-order valence-corrected chi connectivity index (χ4v) is 3.10. The molecule has 1 aliphatic heterocycles. The summed E-state index contributed by atoms with van der Waals surface area (Å²) >= 11 is 0.564. The van der Waals surface area contributed by atoms with E-state index >= 15 is 0 Å². The zero-order chi connectivity index (χ0) is 16.6. The van der Waals surface area contributed by atoms with Crippen LogP contribution in [-0.2, 0) is 6.18 Å². The van der Waals surface area contributed by atoms with Crippen molar-refractivity contribution < 1.29 is 13.2 Å². The molecule has 1 fully saturated rings. The summed E-state index contributed by atoms with van der Waals surface area (Å²) in [5, 5.41) is 6.23. The van der Waals surface area contributed by atoms with Crippen molar-refractivity contribution in [3.8, 4) is 0 Å². The average molecular weight is 345 g/mol. The van der Waals surface area contributed by atoms with Crippen molar-refractivity contribution in [2.24, 2.45) is 0 Å². The largest absolute Gasteiger partial charge is 0.445 e. The van der Waals surface area contributed by atoms with E-state index in [9.17, 15) is 13.2 Å². The van der Waals surface area contributed by atoms with Gasteiger partial charge in [0.15, 0.2) is 0 Å². The predicted molar refractivity (Wildman–Crippen MR) is 80.5 cm³/mol. The van der Waals surface area contributed by atoms with Crippen LogP contribution in [0.4, 0.5) is 30.1 Å². The number of hydrogen-bond acceptors (Lipinski definition) is 8. The van der Waals surface area contributed by atoms with Gasteiger partial charge in [0.25, 0.3) is 0 Å². The summed E-state index contributed by atoms with van der Waals surface area (Å²) in [5.74, 6) is 0.956. The number of halogens is 3. The molecule has 0 aromatic carbocycles. The lowest BCUT2D eigenvalue weighted by molar-refractivity contribution is -0.138. The second-order valence-electron chi connectivity index (χ2n) is 5.10. The molecule has 2 aromatic rings. The van der Waals surface area contributed by atoms with E-state index < -0.39 is 11.2 Å². The van der Waals surface area contributed by atoms with Crippen molar-refractivity contribution in [1.29, 1.82) is 0 Å². The van der Waals surface area contributed by atoms with Crippen molar-refractivity contribution in [2.45, 2.75) is 13.1 Å². The summed E-state index contributed by atoms with van der Waals surface area (Å²) in [6.45, 7) is 4.18. The third kappa shape index (κ3) is 3.28. The molecule has 0 amide bonds. The molecule has 2 aromatic heterocycles. The molecule has 7 nitrogen and oxygen atoms in total. The lowest BCUT2D eigenvalue weighted by atomic mass is 10.2. The Kier molecular flexibility index (Phi) is 3.96. The van der Waals surface area contributed by atoms with Gasteiger partial charge >= 0.3 is 6.18 Å². The Bertz CT molecular complexity index is 694. The monoisotopic (exact) mass is 345 g/mol. The van der Waals surface area contributed by atoms with E-state index in [0.29, 0.717) is 37.5 Å². The maximum atomic E-state index is 12.6. The third-order valence-electron chi connectivity index (χ3n) is 3.47. The average Bonchev–Trinajstić information content (AvgIpc) is 3.00. The lowest BCUT2D eigenvalue weighted by Gasteiger charge is -2.35. The molecular formula is C12H14F3N7S. The van der Waals surface area contributed by atoms with Crippen LogP contribution < -0.4 is 15.5 Å². The van der Waals surface area contributed by atoms with E-state index in [1.807, 2.05) is 11.8 Å². The molecule has 0 spiro atoms. The Morgan fingerprint density at radius 1 is 1.13 bits per heavy atom. The molecule has 0 atom stereocenters. The molecule has 0 radical (unpaired) electrons. The standard InChI is InChI=1S/C12H14F3N7S/c1-7-6-17-10(16)18-8(7)21-2-4-22(5-3-21)11-20-19-9(23-11)12(13,14)15/h6H,2-5H2,1H3,(H2,16,17,18). The van der Waals surface area contributed by atoms with Crippen LogP contribution in [0.3, 0.4) is 0 Å². The van der Waals surface area contributed by atoms with Crippen LogP contribution in [0.25, 0.3) is 0 Å². The van der Waals surface area contributed by atoms with Crippen LogP contribution >= 0.6 is 11.3 Å². The van der Waals surface area contributed by atoms with Gasteiger partial charge in [0.05, 0.1) is 0 Å². The Balaban J connectivity index is 1.69. The number of rotatable bonds is 2. The van der Waals surface area contributed by atoms with Crippen LogP contribution in [0, 0.1) is 6.92 Å². The normalized spacial score (nSPS) is 16.0. The highest BCUT2D eigenvalue weighted by atomic mass is 32.1. The van der Waals surface area contributed by atoms with Gasteiger partial charge < -0.3 is 15.5 Å². The van der Waals surface area contributed by atoms with Gasteiger partial charge in [0.2, 0.25) is 16.1 Å². The molecule has 3 rings (SSSR count). The molecule has 1 saturated heterocycles. The number of alkyl halides is 3. The molecule has 0 aliphatic carbocycles. The van der Waals surface area contributed by atoms with Gasteiger partial charge in [-0.1, -0.05) is 11.3 Å². The van der Waals surface area contributed by atoms with Crippen LogP contribution in [0.1, 0.15) is 10.6 Å². The summed E-state index contributed by atoms with van der Waals surface area (Å²) in [4.78, 5) is 12.0. The first kappa shape index (κ1) is 15.7. The molecule has 0 saturated carbocycles. The number of piperazine rings is 1. The fraction of sp³-hybridized carbons (Fsp3) is 0.500. The van der Waals surface area contributed by atoms with E-state index in [0.717, 1.165) is 11.4 Å². The smallest absolute Gasteiger partial charge is 0.368 e. The summed E-state index contributed by atoms with van der Waals surface area (Å²) < 4.78 is 37.8. The Labute approximate surface area is 134 Å². The van der Waals surface area contributed by atoms with Crippen LogP contribution in [-0.4, -0.2) is 46.3 Å². The molecule has 11 heteroatoms. The quantitative estimate of drug-likeness (QED) is 0.884. The van der Waals surface area contributed by atoms with Crippen molar-refractivity contribution in [3.05, 3.63) is 16.8 Å². The highest BCUT2D eigenvalue weighted by molar-refractivity contribution is 7.15. The topological polar surface area (TPSA) is 84.1 Å². The number of aryl methyl sites for hydroxylation is 1. The summed E-state index contributed by atoms with van der Waals surface area (Å²) in [7, 11) is 0. The van der Waals surface area contributed by atoms with E-state index in [1.54, 1.807) is 11.1 Å². The van der Waals surface area contributed by atoms with Crippen LogP contribution in [0.2, 0.25) is 0 Å². The lowest BCUT2D eigenvalue weighted by Crippen LogP contribution is -2.47. The number of nitrogens with zero attached hydrogens (tertiary/aromatic N) is 6. The van der Waals surface area contributed by atoms with Gasteiger partial charge in [-0.25, -0.2) is 4.98 Å². The van der Waals surface area contributed by atoms with Gasteiger partial charge in [-0.15, -0.1) is 10.2 Å². The Morgan fingerprint density at radius 2 is 1.78 bits per heavy atom. The van der Waals surface area contributed by atoms with E-state index in [-0.39, 0.29) is 11.1 Å². The number of hydrogen-bond donors (Lipinski definition) is 1. The number of nitrogen functional groups attached to an aromatic ring is 1. The molecule has 1 aliphatic rings. The first-order chi connectivity index (χ1) is 10.8.